The number of fused-ring (bicyclic) bond motifs is 1. The van der Waals surface area contributed by atoms with Crippen LogP contribution in [0.15, 0.2) is 53.3 Å². The third-order valence-electron chi connectivity index (χ3n) is 3.51. The quantitative estimate of drug-likeness (QED) is 0.764. The summed E-state index contributed by atoms with van der Waals surface area (Å²) in [4.78, 5) is 15.0. The highest BCUT2D eigenvalue weighted by Gasteiger charge is 2.06. The van der Waals surface area contributed by atoms with Crippen LogP contribution in [0.4, 0.5) is 5.69 Å². The van der Waals surface area contributed by atoms with Crippen molar-refractivity contribution in [3.8, 4) is 0 Å². The predicted octanol–water partition coefficient (Wildman–Crippen LogP) is 4.10. The van der Waals surface area contributed by atoms with Crippen LogP contribution in [0.3, 0.4) is 0 Å². The van der Waals surface area contributed by atoms with Gasteiger partial charge < -0.3 is 10.3 Å². The molecule has 2 N–H and O–H groups in total. The number of hydrogen-bond acceptors (Lipinski definition) is 2. The number of pyridine rings is 1. The third-order valence-corrected chi connectivity index (χ3v) is 3.82. The van der Waals surface area contributed by atoms with Gasteiger partial charge in [-0.15, -0.1) is 0 Å². The molecule has 0 fully saturated rings. The number of aryl methyl sites for hydroxylation is 1. The number of rotatable bonds is 3. The van der Waals surface area contributed by atoms with Crippen LogP contribution in [0.2, 0.25) is 5.02 Å². The van der Waals surface area contributed by atoms with Gasteiger partial charge in [0.1, 0.15) is 0 Å². The molecule has 106 valence electrons. The first-order valence-electron chi connectivity index (χ1n) is 6.75. The Morgan fingerprint density at radius 1 is 1.14 bits per heavy atom. The van der Waals surface area contributed by atoms with E-state index in [1.54, 1.807) is 0 Å². The topological polar surface area (TPSA) is 44.9 Å². The van der Waals surface area contributed by atoms with Crippen LogP contribution in [-0.4, -0.2) is 4.98 Å². The van der Waals surface area contributed by atoms with Gasteiger partial charge in [0.25, 0.3) is 5.56 Å². The SMILES string of the molecule is Cc1cccc(Cl)c1NCc1cc2ccccc2[nH]c1=O. The van der Waals surface area contributed by atoms with Crippen molar-refractivity contribution in [1.82, 2.24) is 4.98 Å². The summed E-state index contributed by atoms with van der Waals surface area (Å²) in [5, 5.41) is 4.93. The molecule has 0 saturated carbocycles. The number of H-pyrrole nitrogens is 1. The zero-order valence-corrected chi connectivity index (χ0v) is 12.4. The lowest BCUT2D eigenvalue weighted by molar-refractivity contribution is 1.09. The average molecular weight is 299 g/mol. The van der Waals surface area contributed by atoms with E-state index >= 15 is 0 Å². The van der Waals surface area contributed by atoms with E-state index < -0.39 is 0 Å². The second kappa shape index (κ2) is 5.62. The van der Waals surface area contributed by atoms with Crippen molar-refractivity contribution in [3.05, 3.63) is 75.0 Å². The Hall–Kier alpha value is -2.26. The monoisotopic (exact) mass is 298 g/mol. The van der Waals surface area contributed by atoms with E-state index in [2.05, 4.69) is 10.3 Å². The highest BCUT2D eigenvalue weighted by Crippen LogP contribution is 2.25. The molecular weight excluding hydrogens is 284 g/mol. The summed E-state index contributed by atoms with van der Waals surface area (Å²) in [7, 11) is 0. The van der Waals surface area contributed by atoms with E-state index in [1.165, 1.54) is 0 Å². The summed E-state index contributed by atoms with van der Waals surface area (Å²) in [5.74, 6) is 0. The molecule has 0 unspecified atom stereocenters. The molecule has 0 aliphatic heterocycles. The van der Waals surface area contributed by atoms with Gasteiger partial charge in [-0.3, -0.25) is 4.79 Å². The van der Waals surface area contributed by atoms with E-state index in [9.17, 15) is 4.79 Å². The summed E-state index contributed by atoms with van der Waals surface area (Å²) >= 11 is 6.18. The zero-order chi connectivity index (χ0) is 14.8. The van der Waals surface area contributed by atoms with Crippen molar-refractivity contribution in [2.45, 2.75) is 13.5 Å². The molecule has 0 amide bonds. The molecule has 0 bridgehead atoms. The second-order valence-corrected chi connectivity index (χ2v) is 5.40. The zero-order valence-electron chi connectivity index (χ0n) is 11.6. The molecule has 3 rings (SSSR count). The summed E-state index contributed by atoms with van der Waals surface area (Å²) < 4.78 is 0. The van der Waals surface area contributed by atoms with Crippen LogP contribution in [0.25, 0.3) is 10.9 Å². The normalized spacial score (nSPS) is 10.8. The van der Waals surface area contributed by atoms with Crippen LogP contribution in [0.1, 0.15) is 11.1 Å². The molecule has 2 aromatic carbocycles. The van der Waals surface area contributed by atoms with Gasteiger partial charge in [0.05, 0.1) is 10.7 Å². The molecule has 0 aliphatic rings. The van der Waals surface area contributed by atoms with E-state index in [-0.39, 0.29) is 5.56 Å². The maximum absolute atomic E-state index is 12.1. The van der Waals surface area contributed by atoms with Crippen molar-refractivity contribution in [2.24, 2.45) is 0 Å². The fraction of sp³-hybridized carbons (Fsp3) is 0.118. The van der Waals surface area contributed by atoms with Crippen molar-refractivity contribution in [2.75, 3.05) is 5.32 Å². The highest BCUT2D eigenvalue weighted by atomic mass is 35.5. The minimum absolute atomic E-state index is 0.0779. The second-order valence-electron chi connectivity index (χ2n) is 5.00. The summed E-state index contributed by atoms with van der Waals surface area (Å²) in [6.07, 6.45) is 0. The fourth-order valence-corrected chi connectivity index (χ4v) is 2.65. The Kier molecular flexibility index (Phi) is 3.67. The minimum Gasteiger partial charge on any atom is -0.379 e. The van der Waals surface area contributed by atoms with Crippen molar-refractivity contribution >= 4 is 28.2 Å². The third kappa shape index (κ3) is 2.78. The number of anilines is 1. The van der Waals surface area contributed by atoms with E-state index in [0.29, 0.717) is 17.1 Å². The molecule has 0 saturated heterocycles. The molecule has 3 aromatic rings. The first kappa shape index (κ1) is 13.7. The molecule has 21 heavy (non-hydrogen) atoms. The molecular formula is C17H15ClN2O. The Labute approximate surface area is 127 Å². The van der Waals surface area contributed by atoms with E-state index in [0.717, 1.165) is 22.2 Å². The molecule has 4 heteroatoms. The molecule has 0 atom stereocenters. The van der Waals surface area contributed by atoms with Crippen LogP contribution >= 0.6 is 11.6 Å². The first-order chi connectivity index (χ1) is 10.1. The van der Waals surface area contributed by atoms with Gasteiger partial charge in [0.2, 0.25) is 0 Å². The van der Waals surface area contributed by atoms with Gasteiger partial charge in [-0.25, -0.2) is 0 Å². The standard InChI is InChI=1S/C17H15ClN2O/c1-11-5-4-7-14(18)16(11)19-10-13-9-12-6-2-3-8-15(12)20-17(13)21/h2-9,19H,10H2,1H3,(H,20,21). The van der Waals surface area contributed by atoms with Gasteiger partial charge in [-0.2, -0.15) is 0 Å². The first-order valence-corrected chi connectivity index (χ1v) is 7.13. The number of halogens is 1. The Morgan fingerprint density at radius 3 is 2.76 bits per heavy atom. The highest BCUT2D eigenvalue weighted by molar-refractivity contribution is 6.33. The smallest absolute Gasteiger partial charge is 0.253 e. The molecule has 0 spiro atoms. The molecule has 0 aliphatic carbocycles. The summed E-state index contributed by atoms with van der Waals surface area (Å²) in [5.41, 5.74) is 3.38. The fourth-order valence-electron chi connectivity index (χ4n) is 2.36. The number of aromatic amines is 1. The van der Waals surface area contributed by atoms with E-state index in [1.807, 2.05) is 55.5 Å². The van der Waals surface area contributed by atoms with Crippen LogP contribution in [0, 0.1) is 6.92 Å². The van der Waals surface area contributed by atoms with Gasteiger partial charge in [-0.05, 0) is 36.1 Å². The van der Waals surface area contributed by atoms with Gasteiger partial charge in [-0.1, -0.05) is 41.9 Å². The summed E-state index contributed by atoms with van der Waals surface area (Å²) in [6.45, 7) is 2.42. The lowest BCUT2D eigenvalue weighted by Crippen LogP contribution is -2.16. The Balaban J connectivity index is 1.92. The predicted molar refractivity (Wildman–Crippen MR) is 88.1 cm³/mol. The van der Waals surface area contributed by atoms with Gasteiger partial charge in [0.15, 0.2) is 0 Å². The number of hydrogen-bond donors (Lipinski definition) is 2. The van der Waals surface area contributed by atoms with Crippen LogP contribution in [-0.2, 0) is 6.54 Å². The van der Waals surface area contributed by atoms with Crippen LogP contribution in [0.5, 0.6) is 0 Å². The molecule has 1 aromatic heterocycles. The number of nitrogens with one attached hydrogen (secondary N) is 2. The maximum Gasteiger partial charge on any atom is 0.253 e. The van der Waals surface area contributed by atoms with Crippen molar-refractivity contribution in [3.63, 3.8) is 0 Å². The van der Waals surface area contributed by atoms with Crippen LogP contribution < -0.4 is 10.9 Å². The number of aromatic nitrogens is 1. The lowest BCUT2D eigenvalue weighted by atomic mass is 10.1. The van der Waals surface area contributed by atoms with Gasteiger partial charge in [0, 0.05) is 17.6 Å². The Morgan fingerprint density at radius 2 is 1.95 bits per heavy atom. The molecule has 3 nitrogen and oxygen atoms in total. The number of benzene rings is 2. The Bertz CT molecular complexity index is 835. The van der Waals surface area contributed by atoms with Gasteiger partial charge >= 0.3 is 0 Å². The number of para-hydroxylation sites is 2. The van der Waals surface area contributed by atoms with Crippen molar-refractivity contribution in [1.29, 1.82) is 0 Å². The average Bonchev–Trinajstić information content (AvgIpc) is 2.47. The lowest BCUT2D eigenvalue weighted by Gasteiger charge is -2.11. The maximum atomic E-state index is 12.1. The molecule has 0 radical (unpaired) electrons. The molecule has 1 heterocycles. The minimum atomic E-state index is -0.0779. The van der Waals surface area contributed by atoms with E-state index in [4.69, 9.17) is 11.6 Å². The largest absolute Gasteiger partial charge is 0.379 e. The van der Waals surface area contributed by atoms with Crippen molar-refractivity contribution < 1.29 is 0 Å². The summed E-state index contributed by atoms with van der Waals surface area (Å²) in [6, 6.07) is 15.4.